The lowest BCUT2D eigenvalue weighted by molar-refractivity contribution is -0.0213. The largest absolute Gasteiger partial charge is 0.497 e. The number of rotatable bonds is 6. The van der Waals surface area contributed by atoms with Gasteiger partial charge in [0.1, 0.15) is 11.5 Å². The zero-order valence-corrected chi connectivity index (χ0v) is 18.4. The topological polar surface area (TPSA) is 52.5 Å². The SMILES string of the molecule is CCOc1cccc2c1O[C@@H](c1cccc(OC)c1)N1N=C(c3cccc(OC)c3)C[C@H]21. The van der Waals surface area contributed by atoms with Crippen molar-refractivity contribution >= 4 is 5.71 Å². The molecule has 0 amide bonds. The molecular weight excluding hydrogens is 404 g/mol. The van der Waals surface area contributed by atoms with E-state index in [4.69, 9.17) is 24.0 Å². The number of ether oxygens (including phenoxy) is 4. The molecule has 0 fully saturated rings. The molecule has 0 unspecified atom stereocenters. The van der Waals surface area contributed by atoms with Crippen LogP contribution in [0.1, 0.15) is 42.3 Å². The van der Waals surface area contributed by atoms with E-state index in [-0.39, 0.29) is 6.04 Å². The molecule has 32 heavy (non-hydrogen) atoms. The Morgan fingerprint density at radius 1 is 0.969 bits per heavy atom. The van der Waals surface area contributed by atoms with Crippen LogP contribution in [0.15, 0.2) is 71.8 Å². The molecule has 0 bridgehead atoms. The maximum atomic E-state index is 6.56. The normalized spacial score (nSPS) is 18.8. The fraction of sp³-hybridized carbons (Fsp3) is 0.269. The highest BCUT2D eigenvalue weighted by atomic mass is 16.5. The molecule has 6 nitrogen and oxygen atoms in total. The van der Waals surface area contributed by atoms with Gasteiger partial charge in [0, 0.05) is 23.1 Å². The fourth-order valence-electron chi connectivity index (χ4n) is 4.35. The summed E-state index contributed by atoms with van der Waals surface area (Å²) < 4.78 is 23.3. The Morgan fingerprint density at radius 2 is 1.72 bits per heavy atom. The third kappa shape index (κ3) is 3.51. The van der Waals surface area contributed by atoms with E-state index in [1.54, 1.807) is 14.2 Å². The summed E-state index contributed by atoms with van der Waals surface area (Å²) in [7, 11) is 3.35. The number of fused-ring (bicyclic) bond motifs is 3. The summed E-state index contributed by atoms with van der Waals surface area (Å²) in [5.41, 5.74) is 4.10. The highest BCUT2D eigenvalue weighted by molar-refractivity contribution is 6.02. The van der Waals surface area contributed by atoms with Gasteiger partial charge in [0.25, 0.3) is 0 Å². The molecule has 2 aliphatic rings. The van der Waals surface area contributed by atoms with Crippen molar-refractivity contribution in [1.29, 1.82) is 0 Å². The Hall–Kier alpha value is -3.67. The average Bonchev–Trinajstić information content (AvgIpc) is 3.30. The molecule has 3 aromatic rings. The fourth-order valence-corrected chi connectivity index (χ4v) is 4.35. The van der Waals surface area contributed by atoms with E-state index in [1.165, 1.54) is 0 Å². The van der Waals surface area contributed by atoms with Gasteiger partial charge in [0.15, 0.2) is 11.5 Å². The Kier molecular flexibility index (Phi) is 5.35. The molecule has 2 atom stereocenters. The van der Waals surface area contributed by atoms with Crippen molar-refractivity contribution in [2.75, 3.05) is 20.8 Å². The second kappa shape index (κ2) is 8.46. The number of hydrazone groups is 1. The van der Waals surface area contributed by atoms with E-state index < -0.39 is 6.23 Å². The first-order valence-electron chi connectivity index (χ1n) is 10.8. The van der Waals surface area contributed by atoms with Gasteiger partial charge in [-0.05, 0) is 37.3 Å². The molecule has 0 aliphatic carbocycles. The highest BCUT2D eigenvalue weighted by Gasteiger charge is 2.42. The minimum atomic E-state index is -0.396. The van der Waals surface area contributed by atoms with Crippen molar-refractivity contribution in [1.82, 2.24) is 5.01 Å². The molecule has 6 heteroatoms. The van der Waals surface area contributed by atoms with Gasteiger partial charge >= 0.3 is 0 Å². The van der Waals surface area contributed by atoms with Crippen molar-refractivity contribution in [3.05, 3.63) is 83.4 Å². The van der Waals surface area contributed by atoms with E-state index in [9.17, 15) is 0 Å². The summed E-state index contributed by atoms with van der Waals surface area (Å²) in [6.45, 7) is 2.55. The Bertz CT molecular complexity index is 1160. The van der Waals surface area contributed by atoms with Crippen molar-refractivity contribution in [2.24, 2.45) is 5.10 Å². The van der Waals surface area contributed by atoms with E-state index in [0.717, 1.165) is 51.8 Å². The van der Waals surface area contributed by atoms with E-state index in [0.29, 0.717) is 6.61 Å². The standard InChI is InChI=1S/C26H26N2O4/c1-4-31-24-13-7-12-21-23-16-22(17-8-5-10-19(14-17)29-2)27-28(23)26(32-25(21)24)18-9-6-11-20(15-18)30-3/h5-15,23,26H,4,16H2,1-3H3/t23-,26+/m1/s1. The van der Waals surface area contributed by atoms with E-state index in [2.05, 4.69) is 17.1 Å². The molecule has 5 rings (SSSR count). The molecule has 0 saturated carbocycles. The Morgan fingerprint density at radius 3 is 2.50 bits per heavy atom. The van der Waals surface area contributed by atoms with Crippen LogP contribution in [-0.2, 0) is 0 Å². The van der Waals surface area contributed by atoms with Crippen molar-refractivity contribution in [2.45, 2.75) is 25.6 Å². The quantitative estimate of drug-likeness (QED) is 0.528. The third-order valence-electron chi connectivity index (χ3n) is 5.86. The van der Waals surface area contributed by atoms with Crippen LogP contribution in [0.25, 0.3) is 0 Å². The van der Waals surface area contributed by atoms with Gasteiger partial charge in [-0.15, -0.1) is 0 Å². The van der Waals surface area contributed by atoms with Gasteiger partial charge in [-0.25, -0.2) is 5.01 Å². The van der Waals surface area contributed by atoms with Crippen molar-refractivity contribution < 1.29 is 18.9 Å². The molecule has 3 aromatic carbocycles. The van der Waals surface area contributed by atoms with Gasteiger partial charge in [0.2, 0.25) is 6.23 Å². The van der Waals surface area contributed by atoms with Crippen LogP contribution < -0.4 is 18.9 Å². The molecule has 164 valence electrons. The van der Waals surface area contributed by atoms with Crippen molar-refractivity contribution in [3.8, 4) is 23.0 Å². The number of nitrogens with zero attached hydrogens (tertiary/aromatic N) is 2. The zero-order valence-electron chi connectivity index (χ0n) is 18.4. The van der Waals surface area contributed by atoms with Crippen LogP contribution in [0.5, 0.6) is 23.0 Å². The first kappa shape index (κ1) is 20.2. The number of methoxy groups -OCH3 is 2. The van der Waals surface area contributed by atoms with Gasteiger partial charge in [-0.1, -0.05) is 36.4 Å². The smallest absolute Gasteiger partial charge is 0.214 e. The summed E-state index contributed by atoms with van der Waals surface area (Å²) in [5, 5.41) is 7.09. The third-order valence-corrected chi connectivity index (χ3v) is 5.86. The molecule has 2 heterocycles. The molecule has 0 radical (unpaired) electrons. The summed E-state index contributed by atoms with van der Waals surface area (Å²) in [6.07, 6.45) is 0.367. The van der Waals surface area contributed by atoms with Crippen LogP contribution in [0.3, 0.4) is 0 Å². The molecule has 0 spiro atoms. The van der Waals surface area contributed by atoms with Crippen LogP contribution >= 0.6 is 0 Å². The zero-order chi connectivity index (χ0) is 22.1. The van der Waals surface area contributed by atoms with Crippen LogP contribution in [-0.4, -0.2) is 31.5 Å². The van der Waals surface area contributed by atoms with Gasteiger partial charge in [0.05, 0.1) is 32.6 Å². The lowest BCUT2D eigenvalue weighted by Gasteiger charge is -2.38. The second-order valence-electron chi connectivity index (χ2n) is 7.73. The minimum Gasteiger partial charge on any atom is -0.497 e. The molecule has 0 aromatic heterocycles. The van der Waals surface area contributed by atoms with Gasteiger partial charge in [-0.3, -0.25) is 0 Å². The maximum Gasteiger partial charge on any atom is 0.214 e. The summed E-state index contributed by atoms with van der Waals surface area (Å²) in [4.78, 5) is 0. The number of para-hydroxylation sites is 1. The van der Waals surface area contributed by atoms with Crippen molar-refractivity contribution in [3.63, 3.8) is 0 Å². The van der Waals surface area contributed by atoms with E-state index >= 15 is 0 Å². The number of hydrogen-bond donors (Lipinski definition) is 0. The Labute approximate surface area is 188 Å². The van der Waals surface area contributed by atoms with Gasteiger partial charge < -0.3 is 18.9 Å². The monoisotopic (exact) mass is 430 g/mol. The predicted molar refractivity (Wildman–Crippen MR) is 123 cm³/mol. The van der Waals surface area contributed by atoms with Crippen LogP contribution in [0, 0.1) is 0 Å². The average molecular weight is 431 g/mol. The second-order valence-corrected chi connectivity index (χ2v) is 7.73. The Balaban J connectivity index is 1.61. The minimum absolute atomic E-state index is 0.0385. The number of benzene rings is 3. The van der Waals surface area contributed by atoms with Gasteiger partial charge in [-0.2, -0.15) is 5.10 Å². The summed E-state index contributed by atoms with van der Waals surface area (Å²) in [6, 6.07) is 22.1. The predicted octanol–water partition coefficient (Wildman–Crippen LogP) is 5.34. The highest BCUT2D eigenvalue weighted by Crippen LogP contribution is 2.51. The van der Waals surface area contributed by atoms with Crippen LogP contribution in [0.2, 0.25) is 0 Å². The molecule has 0 saturated heterocycles. The van der Waals surface area contributed by atoms with E-state index in [1.807, 2.05) is 61.5 Å². The first-order chi connectivity index (χ1) is 15.7. The lowest BCUT2D eigenvalue weighted by Crippen LogP contribution is -2.34. The maximum absolute atomic E-state index is 6.56. The first-order valence-corrected chi connectivity index (χ1v) is 10.8. The molecule has 0 N–H and O–H groups in total. The molecule has 2 aliphatic heterocycles. The summed E-state index contributed by atoms with van der Waals surface area (Å²) in [5.74, 6) is 3.13. The van der Waals surface area contributed by atoms with Crippen LogP contribution in [0.4, 0.5) is 0 Å². The lowest BCUT2D eigenvalue weighted by atomic mass is 9.95. The summed E-state index contributed by atoms with van der Waals surface area (Å²) >= 11 is 0. The number of hydrogen-bond acceptors (Lipinski definition) is 6. The molecular formula is C26H26N2O4.